The van der Waals surface area contributed by atoms with E-state index >= 15 is 0 Å². The van der Waals surface area contributed by atoms with Gasteiger partial charge in [0.2, 0.25) is 15.9 Å². The van der Waals surface area contributed by atoms with Crippen LogP contribution in [0.4, 0.5) is 0 Å². The Hall–Kier alpha value is -1.41. The number of amides is 1. The van der Waals surface area contributed by atoms with E-state index in [0.29, 0.717) is 13.1 Å². The molecule has 1 aliphatic heterocycles. The van der Waals surface area contributed by atoms with Crippen LogP contribution in [0.25, 0.3) is 0 Å². The van der Waals surface area contributed by atoms with Gasteiger partial charge in [0.1, 0.15) is 0 Å². The lowest BCUT2D eigenvalue weighted by atomic mass is 9.99. The van der Waals surface area contributed by atoms with Crippen LogP contribution in [0, 0.1) is 5.92 Å². The topological polar surface area (TPSA) is 84.3 Å². The van der Waals surface area contributed by atoms with Gasteiger partial charge in [-0.15, -0.1) is 0 Å². The SMILES string of the molecule is CCn1ccc(CNC(=O)[C@H]2CCCN(S(C)(=O)=O)C2)n1. The largest absolute Gasteiger partial charge is 0.350 e. The van der Waals surface area contributed by atoms with E-state index in [1.165, 1.54) is 10.6 Å². The fourth-order valence-corrected chi connectivity index (χ4v) is 3.37. The minimum Gasteiger partial charge on any atom is -0.350 e. The van der Waals surface area contributed by atoms with Gasteiger partial charge in [0.05, 0.1) is 24.4 Å². The van der Waals surface area contributed by atoms with E-state index in [0.717, 1.165) is 25.1 Å². The molecule has 1 atom stereocenters. The lowest BCUT2D eigenvalue weighted by Crippen LogP contribution is -2.44. The molecule has 1 aromatic heterocycles. The van der Waals surface area contributed by atoms with Gasteiger partial charge in [-0.05, 0) is 25.8 Å². The van der Waals surface area contributed by atoms with Crippen LogP contribution >= 0.6 is 0 Å². The first-order valence-electron chi connectivity index (χ1n) is 7.15. The predicted molar refractivity (Wildman–Crippen MR) is 78.9 cm³/mol. The maximum absolute atomic E-state index is 12.2. The van der Waals surface area contributed by atoms with E-state index in [2.05, 4.69) is 10.4 Å². The third-order valence-corrected chi connectivity index (χ3v) is 4.96. The van der Waals surface area contributed by atoms with Crippen molar-refractivity contribution in [1.29, 1.82) is 0 Å². The monoisotopic (exact) mass is 314 g/mol. The second kappa shape index (κ2) is 6.57. The molecule has 0 unspecified atom stereocenters. The lowest BCUT2D eigenvalue weighted by molar-refractivity contribution is -0.126. The van der Waals surface area contributed by atoms with Crippen LogP contribution in [0.15, 0.2) is 12.3 Å². The van der Waals surface area contributed by atoms with Gasteiger partial charge in [-0.3, -0.25) is 9.48 Å². The molecule has 0 aromatic carbocycles. The van der Waals surface area contributed by atoms with Crippen LogP contribution < -0.4 is 5.32 Å². The highest BCUT2D eigenvalue weighted by molar-refractivity contribution is 7.88. The first kappa shape index (κ1) is 16.0. The maximum atomic E-state index is 12.2. The Labute approximate surface area is 125 Å². The number of rotatable bonds is 5. The smallest absolute Gasteiger partial charge is 0.224 e. The molecule has 1 amide bonds. The number of sulfonamides is 1. The number of nitrogens with zero attached hydrogens (tertiary/aromatic N) is 3. The van der Waals surface area contributed by atoms with Gasteiger partial charge in [0, 0.05) is 25.8 Å². The number of nitrogens with one attached hydrogen (secondary N) is 1. The number of aromatic nitrogens is 2. The Bertz CT molecular complexity index is 596. The molecule has 1 N–H and O–H groups in total. The Kier molecular flexibility index (Phi) is 5.00. The number of piperidine rings is 1. The number of hydrogen-bond donors (Lipinski definition) is 1. The van der Waals surface area contributed by atoms with E-state index < -0.39 is 10.0 Å². The zero-order valence-electron chi connectivity index (χ0n) is 12.4. The first-order valence-corrected chi connectivity index (χ1v) is 9.00. The summed E-state index contributed by atoms with van der Waals surface area (Å²) in [4.78, 5) is 12.2. The fourth-order valence-electron chi connectivity index (χ4n) is 2.45. The number of hydrogen-bond acceptors (Lipinski definition) is 4. The molecule has 2 heterocycles. The zero-order valence-corrected chi connectivity index (χ0v) is 13.3. The summed E-state index contributed by atoms with van der Waals surface area (Å²) < 4.78 is 26.3. The van der Waals surface area contributed by atoms with Crippen LogP contribution in [-0.4, -0.2) is 47.8 Å². The molecule has 1 fully saturated rings. The van der Waals surface area contributed by atoms with Crippen molar-refractivity contribution in [2.75, 3.05) is 19.3 Å². The second-order valence-corrected chi connectivity index (χ2v) is 7.32. The molecular formula is C13H22N4O3S. The van der Waals surface area contributed by atoms with E-state index in [1.54, 1.807) is 4.68 Å². The molecule has 0 radical (unpaired) electrons. The first-order chi connectivity index (χ1) is 9.90. The lowest BCUT2D eigenvalue weighted by Gasteiger charge is -2.30. The summed E-state index contributed by atoms with van der Waals surface area (Å²) in [5.41, 5.74) is 0.806. The average Bonchev–Trinajstić information content (AvgIpc) is 2.92. The molecule has 8 heteroatoms. The van der Waals surface area contributed by atoms with Gasteiger partial charge >= 0.3 is 0 Å². The van der Waals surface area contributed by atoms with Crippen molar-refractivity contribution >= 4 is 15.9 Å². The quantitative estimate of drug-likeness (QED) is 0.841. The number of carbonyl (C=O) groups is 1. The molecule has 21 heavy (non-hydrogen) atoms. The van der Waals surface area contributed by atoms with Crippen molar-refractivity contribution in [2.45, 2.75) is 32.9 Å². The highest BCUT2D eigenvalue weighted by Gasteiger charge is 2.29. The molecule has 0 saturated carbocycles. The Morgan fingerprint density at radius 2 is 2.29 bits per heavy atom. The standard InChI is InChI=1S/C13H22N4O3S/c1-3-16-8-6-12(15-16)9-14-13(18)11-5-4-7-17(10-11)21(2,19)20/h6,8,11H,3-5,7,9-10H2,1-2H3,(H,14,18)/t11-/m0/s1. The summed E-state index contributed by atoms with van der Waals surface area (Å²) in [5, 5.41) is 7.14. The molecule has 0 spiro atoms. The Morgan fingerprint density at radius 1 is 1.52 bits per heavy atom. The summed E-state index contributed by atoms with van der Waals surface area (Å²) in [6, 6.07) is 1.87. The minimum atomic E-state index is -3.22. The van der Waals surface area contributed by atoms with Gasteiger partial charge < -0.3 is 5.32 Å². The van der Waals surface area contributed by atoms with Crippen LogP contribution in [0.1, 0.15) is 25.5 Å². The van der Waals surface area contributed by atoms with Crippen LogP contribution in [-0.2, 0) is 27.9 Å². The summed E-state index contributed by atoms with van der Waals surface area (Å²) >= 11 is 0. The Balaban J connectivity index is 1.88. The van der Waals surface area contributed by atoms with Crippen molar-refractivity contribution in [1.82, 2.24) is 19.4 Å². The molecule has 118 valence electrons. The fraction of sp³-hybridized carbons (Fsp3) is 0.692. The summed E-state index contributed by atoms with van der Waals surface area (Å²) in [6.45, 7) is 3.94. The molecule has 0 bridgehead atoms. The second-order valence-electron chi connectivity index (χ2n) is 5.34. The van der Waals surface area contributed by atoms with Crippen molar-refractivity contribution in [3.8, 4) is 0 Å². The molecule has 1 aromatic rings. The van der Waals surface area contributed by atoms with Gasteiger partial charge in [-0.1, -0.05) is 0 Å². The van der Waals surface area contributed by atoms with E-state index in [4.69, 9.17) is 0 Å². The average molecular weight is 314 g/mol. The van der Waals surface area contributed by atoms with Gasteiger partial charge in [0.25, 0.3) is 0 Å². The zero-order chi connectivity index (χ0) is 15.5. The molecule has 2 rings (SSSR count). The highest BCUT2D eigenvalue weighted by Crippen LogP contribution is 2.18. The highest BCUT2D eigenvalue weighted by atomic mass is 32.2. The van der Waals surface area contributed by atoms with Crippen LogP contribution in [0.2, 0.25) is 0 Å². The number of aryl methyl sites for hydroxylation is 1. The van der Waals surface area contributed by atoms with Gasteiger partial charge in [0.15, 0.2) is 0 Å². The van der Waals surface area contributed by atoms with Crippen LogP contribution in [0.5, 0.6) is 0 Å². The van der Waals surface area contributed by atoms with Crippen molar-refractivity contribution in [3.63, 3.8) is 0 Å². The van der Waals surface area contributed by atoms with E-state index in [9.17, 15) is 13.2 Å². The molecule has 0 aliphatic carbocycles. The molecule has 1 saturated heterocycles. The van der Waals surface area contributed by atoms with Gasteiger partial charge in [-0.2, -0.15) is 5.10 Å². The van der Waals surface area contributed by atoms with Crippen molar-refractivity contribution in [3.05, 3.63) is 18.0 Å². The van der Waals surface area contributed by atoms with Crippen LogP contribution in [0.3, 0.4) is 0 Å². The maximum Gasteiger partial charge on any atom is 0.224 e. The summed E-state index contributed by atoms with van der Waals surface area (Å²) in [5.74, 6) is -0.379. The van der Waals surface area contributed by atoms with E-state index in [1.807, 2.05) is 19.2 Å². The summed E-state index contributed by atoms with van der Waals surface area (Å²) in [6.07, 6.45) is 4.50. The van der Waals surface area contributed by atoms with Gasteiger partial charge in [-0.25, -0.2) is 12.7 Å². The third kappa shape index (κ3) is 4.28. The molecule has 7 nitrogen and oxygen atoms in total. The molecule has 1 aliphatic rings. The predicted octanol–water partition coefficient (Wildman–Crippen LogP) is 0.191. The minimum absolute atomic E-state index is 0.102. The number of carbonyl (C=O) groups excluding carboxylic acids is 1. The summed E-state index contributed by atoms with van der Waals surface area (Å²) in [7, 11) is -3.22. The van der Waals surface area contributed by atoms with Crippen molar-refractivity contribution < 1.29 is 13.2 Å². The Morgan fingerprint density at radius 3 is 2.90 bits per heavy atom. The van der Waals surface area contributed by atoms with E-state index in [-0.39, 0.29) is 18.4 Å². The van der Waals surface area contributed by atoms with Crippen molar-refractivity contribution in [2.24, 2.45) is 5.92 Å². The molecular weight excluding hydrogens is 292 g/mol. The third-order valence-electron chi connectivity index (χ3n) is 3.69. The normalized spacial score (nSPS) is 20.4.